The Morgan fingerprint density at radius 3 is 2.52 bits per heavy atom. The molecule has 0 aliphatic carbocycles. The molecule has 108 valence electrons. The molecule has 0 spiro atoms. The Labute approximate surface area is 125 Å². The van der Waals surface area contributed by atoms with E-state index in [0.29, 0.717) is 12.1 Å². The van der Waals surface area contributed by atoms with E-state index in [4.69, 9.17) is 5.26 Å². The van der Waals surface area contributed by atoms with Gasteiger partial charge in [-0.3, -0.25) is 0 Å². The third kappa shape index (κ3) is 4.16. The molecule has 2 aromatic rings. The van der Waals surface area contributed by atoms with Gasteiger partial charge in [0.2, 0.25) is 0 Å². The molecule has 0 heterocycles. The number of aliphatic hydroxyl groups is 1. The molecule has 2 aromatic carbocycles. The number of hydrogen-bond acceptors (Lipinski definition) is 3. The van der Waals surface area contributed by atoms with Gasteiger partial charge in [0.25, 0.3) is 0 Å². The molecule has 0 aliphatic rings. The van der Waals surface area contributed by atoms with E-state index < -0.39 is 0 Å². The fraction of sp³-hybridized carbons (Fsp3) is 0.278. The van der Waals surface area contributed by atoms with Crippen molar-refractivity contribution in [2.75, 3.05) is 6.61 Å². The second kappa shape index (κ2) is 7.58. The van der Waals surface area contributed by atoms with Gasteiger partial charge in [-0.1, -0.05) is 43.3 Å². The molecule has 0 radical (unpaired) electrons. The Hall–Kier alpha value is -2.15. The van der Waals surface area contributed by atoms with Crippen LogP contribution in [0.15, 0.2) is 48.5 Å². The van der Waals surface area contributed by atoms with Crippen molar-refractivity contribution < 1.29 is 5.11 Å². The lowest BCUT2D eigenvalue weighted by Crippen LogP contribution is -2.24. The Bertz CT molecular complexity index is 614. The van der Waals surface area contributed by atoms with Crippen molar-refractivity contribution in [3.63, 3.8) is 0 Å². The maximum absolute atomic E-state index is 9.57. The molecule has 2 rings (SSSR count). The average Bonchev–Trinajstić information content (AvgIpc) is 2.56. The SMILES string of the molecule is CCc1ccc(C(CO)NCc2cccc(C#N)c2)cc1. The molecule has 0 amide bonds. The largest absolute Gasteiger partial charge is 0.394 e. The monoisotopic (exact) mass is 280 g/mol. The molecule has 0 bridgehead atoms. The Balaban J connectivity index is 2.03. The quantitative estimate of drug-likeness (QED) is 0.855. The van der Waals surface area contributed by atoms with E-state index in [1.54, 1.807) is 6.07 Å². The van der Waals surface area contributed by atoms with Crippen LogP contribution in [0.25, 0.3) is 0 Å². The van der Waals surface area contributed by atoms with Crippen molar-refractivity contribution in [1.29, 1.82) is 5.26 Å². The Morgan fingerprint density at radius 1 is 1.14 bits per heavy atom. The van der Waals surface area contributed by atoms with Gasteiger partial charge in [0.05, 0.1) is 24.3 Å². The van der Waals surface area contributed by atoms with Crippen LogP contribution >= 0.6 is 0 Å². The van der Waals surface area contributed by atoms with Crippen molar-refractivity contribution in [3.8, 4) is 6.07 Å². The summed E-state index contributed by atoms with van der Waals surface area (Å²) in [5, 5.41) is 21.8. The van der Waals surface area contributed by atoms with E-state index in [1.165, 1.54) is 5.56 Å². The zero-order chi connectivity index (χ0) is 15.1. The van der Waals surface area contributed by atoms with Crippen molar-refractivity contribution in [1.82, 2.24) is 5.32 Å². The maximum atomic E-state index is 9.57. The summed E-state index contributed by atoms with van der Waals surface area (Å²) in [6, 6.07) is 17.8. The fourth-order valence-corrected chi connectivity index (χ4v) is 2.27. The summed E-state index contributed by atoms with van der Waals surface area (Å²) >= 11 is 0. The molecule has 0 saturated carbocycles. The first-order valence-corrected chi connectivity index (χ1v) is 7.19. The van der Waals surface area contributed by atoms with Crippen LogP contribution in [0.4, 0.5) is 0 Å². The van der Waals surface area contributed by atoms with Gasteiger partial charge < -0.3 is 10.4 Å². The fourth-order valence-electron chi connectivity index (χ4n) is 2.27. The normalized spacial score (nSPS) is 11.9. The van der Waals surface area contributed by atoms with Gasteiger partial charge in [0, 0.05) is 6.54 Å². The summed E-state index contributed by atoms with van der Waals surface area (Å²) < 4.78 is 0. The molecule has 3 heteroatoms. The van der Waals surface area contributed by atoms with E-state index in [2.05, 4.69) is 42.6 Å². The zero-order valence-corrected chi connectivity index (χ0v) is 12.2. The number of aliphatic hydroxyl groups excluding tert-OH is 1. The number of nitrogens with zero attached hydrogens (tertiary/aromatic N) is 1. The van der Waals surface area contributed by atoms with Crippen LogP contribution < -0.4 is 5.32 Å². The predicted octanol–water partition coefficient (Wildman–Crippen LogP) is 2.94. The minimum atomic E-state index is -0.0957. The van der Waals surface area contributed by atoms with Crippen molar-refractivity contribution in [2.24, 2.45) is 0 Å². The molecule has 2 N–H and O–H groups in total. The van der Waals surface area contributed by atoms with Gasteiger partial charge in [-0.25, -0.2) is 0 Å². The van der Waals surface area contributed by atoms with E-state index in [-0.39, 0.29) is 12.6 Å². The van der Waals surface area contributed by atoms with Gasteiger partial charge in [-0.2, -0.15) is 5.26 Å². The number of nitriles is 1. The highest BCUT2D eigenvalue weighted by atomic mass is 16.3. The van der Waals surface area contributed by atoms with Crippen LogP contribution in [0, 0.1) is 11.3 Å². The van der Waals surface area contributed by atoms with Gasteiger partial charge in [-0.05, 0) is 35.2 Å². The highest BCUT2D eigenvalue weighted by molar-refractivity contribution is 5.33. The first-order valence-electron chi connectivity index (χ1n) is 7.19. The van der Waals surface area contributed by atoms with Crippen LogP contribution in [0.3, 0.4) is 0 Å². The summed E-state index contributed by atoms with van der Waals surface area (Å²) in [6.07, 6.45) is 1.01. The van der Waals surface area contributed by atoms with Gasteiger partial charge in [0.1, 0.15) is 0 Å². The summed E-state index contributed by atoms with van der Waals surface area (Å²) in [7, 11) is 0. The van der Waals surface area contributed by atoms with Crippen LogP contribution in [-0.2, 0) is 13.0 Å². The standard InChI is InChI=1S/C18H20N2O/c1-2-14-6-8-17(9-7-14)18(13-21)20-12-16-5-3-4-15(10-16)11-19/h3-10,18,20-21H,2,12-13H2,1H3. The average molecular weight is 280 g/mol. The molecule has 21 heavy (non-hydrogen) atoms. The smallest absolute Gasteiger partial charge is 0.0991 e. The van der Waals surface area contributed by atoms with Gasteiger partial charge in [0.15, 0.2) is 0 Å². The van der Waals surface area contributed by atoms with E-state index >= 15 is 0 Å². The molecule has 0 saturated heterocycles. The second-order valence-electron chi connectivity index (χ2n) is 5.02. The number of rotatable bonds is 6. The third-order valence-corrected chi connectivity index (χ3v) is 3.58. The lowest BCUT2D eigenvalue weighted by Gasteiger charge is -2.17. The molecule has 1 atom stereocenters. The lowest BCUT2D eigenvalue weighted by molar-refractivity contribution is 0.243. The lowest BCUT2D eigenvalue weighted by atomic mass is 10.0. The molecule has 1 unspecified atom stereocenters. The van der Waals surface area contributed by atoms with Crippen LogP contribution in [0.2, 0.25) is 0 Å². The van der Waals surface area contributed by atoms with Crippen LogP contribution in [0.1, 0.15) is 35.2 Å². The number of benzene rings is 2. The van der Waals surface area contributed by atoms with Crippen LogP contribution in [-0.4, -0.2) is 11.7 Å². The molecular formula is C18H20N2O. The Kier molecular flexibility index (Phi) is 5.51. The zero-order valence-electron chi connectivity index (χ0n) is 12.2. The highest BCUT2D eigenvalue weighted by Gasteiger charge is 2.09. The van der Waals surface area contributed by atoms with Crippen molar-refractivity contribution in [3.05, 3.63) is 70.8 Å². The predicted molar refractivity (Wildman–Crippen MR) is 83.6 cm³/mol. The maximum Gasteiger partial charge on any atom is 0.0991 e. The summed E-state index contributed by atoms with van der Waals surface area (Å²) in [4.78, 5) is 0. The molecule has 0 fully saturated rings. The minimum absolute atomic E-state index is 0.0451. The van der Waals surface area contributed by atoms with E-state index in [0.717, 1.165) is 17.5 Å². The van der Waals surface area contributed by atoms with Crippen molar-refractivity contribution >= 4 is 0 Å². The molecule has 3 nitrogen and oxygen atoms in total. The van der Waals surface area contributed by atoms with Gasteiger partial charge in [-0.15, -0.1) is 0 Å². The molecule has 0 aliphatic heterocycles. The van der Waals surface area contributed by atoms with E-state index in [9.17, 15) is 5.11 Å². The summed E-state index contributed by atoms with van der Waals surface area (Å²) in [5.41, 5.74) is 4.06. The second-order valence-corrected chi connectivity index (χ2v) is 5.02. The van der Waals surface area contributed by atoms with Gasteiger partial charge >= 0.3 is 0 Å². The van der Waals surface area contributed by atoms with Crippen LogP contribution in [0.5, 0.6) is 0 Å². The summed E-state index contributed by atoms with van der Waals surface area (Å²) in [5.74, 6) is 0. The topological polar surface area (TPSA) is 56.0 Å². The first kappa shape index (κ1) is 15.2. The molecule has 0 aromatic heterocycles. The number of aryl methyl sites for hydroxylation is 1. The van der Waals surface area contributed by atoms with E-state index in [1.807, 2.05) is 18.2 Å². The first-order chi connectivity index (χ1) is 10.3. The highest BCUT2D eigenvalue weighted by Crippen LogP contribution is 2.15. The number of nitrogens with one attached hydrogen (secondary N) is 1. The third-order valence-electron chi connectivity index (χ3n) is 3.58. The summed E-state index contributed by atoms with van der Waals surface area (Å²) in [6.45, 7) is 2.79. The molecular weight excluding hydrogens is 260 g/mol. The minimum Gasteiger partial charge on any atom is -0.394 e. The Morgan fingerprint density at radius 2 is 1.90 bits per heavy atom. The van der Waals surface area contributed by atoms with Crippen molar-refractivity contribution in [2.45, 2.75) is 25.9 Å². The number of hydrogen-bond donors (Lipinski definition) is 2.